The largest absolute Gasteiger partial charge is 0.716 e. The second-order valence-electron chi connectivity index (χ2n) is 7.68. The van der Waals surface area contributed by atoms with Crippen molar-refractivity contribution in [2.24, 2.45) is 4.99 Å². The van der Waals surface area contributed by atoms with Crippen LogP contribution in [0.3, 0.4) is 0 Å². The highest BCUT2D eigenvalue weighted by Gasteiger charge is 2.29. The minimum atomic E-state index is -0.373. The number of hydrogen-bond acceptors (Lipinski definition) is 3. The lowest BCUT2D eigenvalue weighted by atomic mass is 10.1. The molecule has 0 radical (unpaired) electrons. The monoisotopic (exact) mass is 491 g/mol. The quantitative estimate of drug-likeness (QED) is 0.121. The zero-order valence-electron chi connectivity index (χ0n) is 18.7. The SMILES string of the molecule is O=C(N=C([S-])N(c1ccccc1)c1scc(-c2ccccc2)[n+]1-c1ccccc1)c1ccccc1. The lowest BCUT2D eigenvalue weighted by Crippen LogP contribution is -2.40. The Balaban J connectivity index is 1.70. The van der Waals surface area contributed by atoms with Gasteiger partial charge in [-0.05, 0) is 36.4 Å². The fourth-order valence-electron chi connectivity index (χ4n) is 3.76. The summed E-state index contributed by atoms with van der Waals surface area (Å²) in [5.41, 5.74) is 4.41. The van der Waals surface area contributed by atoms with E-state index in [1.807, 2.05) is 89.8 Å². The van der Waals surface area contributed by atoms with Crippen LogP contribution in [0.2, 0.25) is 0 Å². The molecule has 0 saturated heterocycles. The van der Waals surface area contributed by atoms with E-state index in [1.54, 1.807) is 23.5 Å². The first kappa shape index (κ1) is 22.7. The molecular weight excluding hydrogens is 470 g/mol. The zero-order valence-corrected chi connectivity index (χ0v) is 20.3. The van der Waals surface area contributed by atoms with Gasteiger partial charge in [-0.25, -0.2) is 0 Å². The van der Waals surface area contributed by atoms with Crippen LogP contribution in [0.15, 0.2) is 132 Å². The summed E-state index contributed by atoms with van der Waals surface area (Å²) in [6.07, 6.45) is 0. The van der Waals surface area contributed by atoms with E-state index in [9.17, 15) is 4.79 Å². The molecule has 1 heterocycles. The summed E-state index contributed by atoms with van der Waals surface area (Å²) in [5, 5.41) is 3.11. The summed E-state index contributed by atoms with van der Waals surface area (Å²) < 4.78 is 2.15. The van der Waals surface area contributed by atoms with E-state index in [4.69, 9.17) is 12.6 Å². The van der Waals surface area contributed by atoms with Gasteiger partial charge in [0.15, 0.2) is 5.69 Å². The molecule has 170 valence electrons. The number of aliphatic imine (C=N–C) groups is 1. The predicted octanol–water partition coefficient (Wildman–Crippen LogP) is 6.57. The van der Waals surface area contributed by atoms with Crippen molar-refractivity contribution < 1.29 is 9.36 Å². The van der Waals surface area contributed by atoms with Crippen molar-refractivity contribution >= 4 is 45.9 Å². The molecule has 1 amide bonds. The van der Waals surface area contributed by atoms with Crippen LogP contribution in [0.5, 0.6) is 0 Å². The van der Waals surface area contributed by atoms with Gasteiger partial charge in [0.05, 0.1) is 5.17 Å². The number of carbonyl (C=O) groups excluding carboxylic acids is 1. The van der Waals surface area contributed by atoms with E-state index < -0.39 is 0 Å². The molecule has 1 aromatic heterocycles. The van der Waals surface area contributed by atoms with Crippen LogP contribution in [0, 0.1) is 0 Å². The van der Waals surface area contributed by atoms with Crippen molar-refractivity contribution in [3.05, 3.63) is 132 Å². The fourth-order valence-corrected chi connectivity index (χ4v) is 5.16. The van der Waals surface area contributed by atoms with Gasteiger partial charge in [0.1, 0.15) is 11.4 Å². The first-order valence-corrected chi connectivity index (χ1v) is 12.4. The lowest BCUT2D eigenvalue weighted by molar-refractivity contribution is -0.564. The van der Waals surface area contributed by atoms with E-state index >= 15 is 0 Å². The van der Waals surface area contributed by atoms with E-state index in [0.717, 1.165) is 27.8 Å². The number of rotatable bonds is 5. The number of nitrogens with zero attached hydrogens (tertiary/aromatic N) is 3. The zero-order chi connectivity index (χ0) is 24.0. The molecule has 4 aromatic carbocycles. The van der Waals surface area contributed by atoms with Gasteiger partial charge in [0, 0.05) is 16.5 Å². The van der Waals surface area contributed by atoms with Crippen molar-refractivity contribution in [2.45, 2.75) is 0 Å². The number of amidine groups is 1. The molecule has 0 aliphatic heterocycles. The molecule has 0 fully saturated rings. The lowest BCUT2D eigenvalue weighted by Gasteiger charge is -2.22. The molecule has 0 aliphatic carbocycles. The van der Waals surface area contributed by atoms with Crippen molar-refractivity contribution in [3.8, 4) is 16.9 Å². The van der Waals surface area contributed by atoms with Gasteiger partial charge in [-0.15, -0.1) is 0 Å². The highest BCUT2D eigenvalue weighted by atomic mass is 32.1. The standard InChI is InChI=1S/C29H21N3OS2/c33-27(23-15-7-2-8-16-23)30-28(34)32(25-19-11-4-12-20-25)29-31(24-17-9-3-10-18-24)26(21-35-29)22-13-5-1-6-14-22/h1-21H. The van der Waals surface area contributed by atoms with Crippen molar-refractivity contribution in [3.63, 3.8) is 0 Å². The second kappa shape index (κ2) is 10.4. The molecule has 5 aromatic rings. The Hall–Kier alpha value is -4.13. The van der Waals surface area contributed by atoms with E-state index in [2.05, 4.69) is 39.2 Å². The topological polar surface area (TPSA) is 36.6 Å². The Kier molecular flexibility index (Phi) is 6.75. The van der Waals surface area contributed by atoms with Gasteiger partial charge in [-0.1, -0.05) is 96.3 Å². The summed E-state index contributed by atoms with van der Waals surface area (Å²) in [4.78, 5) is 19.1. The number of anilines is 2. The molecule has 0 atom stereocenters. The Morgan fingerprint density at radius 3 is 1.91 bits per heavy atom. The Labute approximate surface area is 213 Å². The molecule has 0 unspecified atom stereocenters. The smallest absolute Gasteiger partial charge is 0.351 e. The third kappa shape index (κ3) is 4.89. The molecule has 5 rings (SSSR count). The maximum absolute atomic E-state index is 12.9. The van der Waals surface area contributed by atoms with Gasteiger partial charge < -0.3 is 12.6 Å². The minimum absolute atomic E-state index is 0.177. The second-order valence-corrected chi connectivity index (χ2v) is 8.88. The Bertz CT molecular complexity index is 1450. The number of para-hydroxylation sites is 2. The van der Waals surface area contributed by atoms with Gasteiger partial charge in [-0.3, -0.25) is 4.79 Å². The normalized spacial score (nSPS) is 11.3. The van der Waals surface area contributed by atoms with Gasteiger partial charge in [0.25, 0.3) is 5.91 Å². The van der Waals surface area contributed by atoms with E-state index in [-0.39, 0.29) is 11.1 Å². The van der Waals surface area contributed by atoms with Gasteiger partial charge >= 0.3 is 5.13 Å². The van der Waals surface area contributed by atoms with Crippen molar-refractivity contribution in [1.82, 2.24) is 0 Å². The molecule has 35 heavy (non-hydrogen) atoms. The van der Waals surface area contributed by atoms with Crippen LogP contribution in [-0.2, 0) is 12.6 Å². The summed E-state index contributed by atoms with van der Waals surface area (Å²) in [6, 6.07) is 39.1. The first-order chi connectivity index (χ1) is 17.2. The number of aromatic nitrogens is 1. The maximum atomic E-state index is 12.9. The molecule has 0 N–H and O–H groups in total. The number of benzene rings is 4. The van der Waals surface area contributed by atoms with Gasteiger partial charge in [0.2, 0.25) is 0 Å². The van der Waals surface area contributed by atoms with E-state index in [0.29, 0.717) is 5.56 Å². The average molecular weight is 492 g/mol. The van der Waals surface area contributed by atoms with Crippen LogP contribution in [0.25, 0.3) is 16.9 Å². The van der Waals surface area contributed by atoms with Gasteiger partial charge in [-0.2, -0.15) is 14.5 Å². The maximum Gasteiger partial charge on any atom is 0.351 e. The highest BCUT2D eigenvalue weighted by Crippen LogP contribution is 2.32. The highest BCUT2D eigenvalue weighted by molar-refractivity contribution is 7.78. The van der Waals surface area contributed by atoms with Crippen molar-refractivity contribution in [2.75, 3.05) is 4.90 Å². The fraction of sp³-hybridized carbons (Fsp3) is 0. The van der Waals surface area contributed by atoms with Crippen LogP contribution < -0.4 is 9.47 Å². The number of carbonyl (C=O) groups is 1. The summed E-state index contributed by atoms with van der Waals surface area (Å²) >= 11 is 7.33. The molecular formula is C29H21N3OS2. The average Bonchev–Trinajstić information content (AvgIpc) is 3.35. The predicted molar refractivity (Wildman–Crippen MR) is 145 cm³/mol. The van der Waals surface area contributed by atoms with Crippen LogP contribution in [0.4, 0.5) is 10.8 Å². The molecule has 6 heteroatoms. The third-order valence-electron chi connectivity index (χ3n) is 5.41. The number of amides is 1. The van der Waals surface area contributed by atoms with Crippen LogP contribution in [-0.4, -0.2) is 11.1 Å². The summed E-state index contributed by atoms with van der Waals surface area (Å²) in [7, 11) is 0. The Morgan fingerprint density at radius 2 is 1.29 bits per heavy atom. The summed E-state index contributed by atoms with van der Waals surface area (Å²) in [5.74, 6) is -0.373. The van der Waals surface area contributed by atoms with Crippen LogP contribution >= 0.6 is 11.3 Å². The molecule has 0 bridgehead atoms. The molecule has 0 aliphatic rings. The molecule has 4 nitrogen and oxygen atoms in total. The van der Waals surface area contributed by atoms with Crippen molar-refractivity contribution in [1.29, 1.82) is 0 Å². The number of hydrogen-bond donors (Lipinski definition) is 0. The van der Waals surface area contributed by atoms with E-state index in [1.165, 1.54) is 0 Å². The first-order valence-electron chi connectivity index (χ1n) is 11.1. The number of thiazole rings is 1. The summed E-state index contributed by atoms with van der Waals surface area (Å²) in [6.45, 7) is 0. The minimum Gasteiger partial charge on any atom is -0.716 e. The van der Waals surface area contributed by atoms with Crippen LogP contribution in [0.1, 0.15) is 10.4 Å². The Morgan fingerprint density at radius 1 is 0.743 bits per heavy atom. The molecule has 0 saturated carbocycles. The molecule has 0 spiro atoms. The third-order valence-corrected chi connectivity index (χ3v) is 6.60.